The van der Waals surface area contributed by atoms with Gasteiger partial charge in [-0.25, -0.2) is 0 Å². The number of hydrogen-bond acceptors (Lipinski definition) is 2. The Hall–Kier alpha value is -1.62. The lowest BCUT2D eigenvalue weighted by atomic mass is 9.88. The molecule has 1 saturated heterocycles. The molecule has 0 radical (unpaired) electrons. The van der Waals surface area contributed by atoms with Gasteiger partial charge in [0.2, 0.25) is 0 Å². The molecule has 0 aliphatic carbocycles. The lowest BCUT2D eigenvalue weighted by molar-refractivity contribution is 0.00578. The Morgan fingerprint density at radius 2 is 1.20 bits per heavy atom. The molecule has 0 aromatic heterocycles. The van der Waals surface area contributed by atoms with Crippen molar-refractivity contribution in [3.05, 3.63) is 72.8 Å². The average molecular weight is 420 g/mol. The quantitative estimate of drug-likeness (QED) is 0.476. The summed E-state index contributed by atoms with van der Waals surface area (Å²) >= 11 is 0. The third-order valence-corrected chi connectivity index (χ3v) is 12.8. The van der Waals surface area contributed by atoms with Crippen molar-refractivity contribution in [1.82, 2.24) is 0 Å². The maximum absolute atomic E-state index is 6.86. The van der Waals surface area contributed by atoms with Crippen LogP contribution < -0.4 is 10.4 Å². The minimum absolute atomic E-state index is 0.00661. The van der Waals surface area contributed by atoms with Crippen LogP contribution >= 0.6 is 0 Å². The number of hydrogen-bond donors (Lipinski definition) is 0. The van der Waals surface area contributed by atoms with E-state index in [1.807, 2.05) is 0 Å². The summed E-state index contributed by atoms with van der Waals surface area (Å²) in [6, 6.07) is 21.8. The molecule has 4 heteroatoms. The molecule has 0 amide bonds. The third kappa shape index (κ3) is 3.74. The first-order chi connectivity index (χ1) is 13.8. The summed E-state index contributed by atoms with van der Waals surface area (Å²) in [4.78, 5) is 0. The average Bonchev–Trinajstić information content (AvgIpc) is 2.87. The van der Waals surface area contributed by atoms with Crippen LogP contribution in [0.2, 0.25) is 5.54 Å². The van der Waals surface area contributed by atoms with E-state index in [1.54, 1.807) is 0 Å². The molecule has 30 heavy (non-hydrogen) atoms. The summed E-state index contributed by atoms with van der Waals surface area (Å²) in [6.45, 7) is 21.9. The van der Waals surface area contributed by atoms with Gasteiger partial charge in [0.1, 0.15) is 0 Å². The second-order valence-electron chi connectivity index (χ2n) is 10.8. The number of benzene rings is 2. The topological polar surface area (TPSA) is 18.5 Å². The van der Waals surface area contributed by atoms with Crippen molar-refractivity contribution in [3.8, 4) is 0 Å². The largest absolute Gasteiger partial charge is 0.445 e. The zero-order valence-corrected chi connectivity index (χ0v) is 21.0. The van der Waals surface area contributed by atoms with E-state index in [2.05, 4.69) is 123 Å². The van der Waals surface area contributed by atoms with E-state index in [9.17, 15) is 0 Å². The smallest absolute Gasteiger partial charge is 0.406 e. The highest BCUT2D eigenvalue weighted by Crippen LogP contribution is 2.49. The van der Waals surface area contributed by atoms with Gasteiger partial charge in [-0.2, -0.15) is 0 Å². The van der Waals surface area contributed by atoms with Crippen molar-refractivity contribution in [2.24, 2.45) is 5.41 Å². The van der Waals surface area contributed by atoms with Crippen molar-refractivity contribution in [2.45, 2.75) is 72.1 Å². The molecule has 0 bridgehead atoms. The van der Waals surface area contributed by atoms with Gasteiger partial charge in [0, 0.05) is 0 Å². The maximum atomic E-state index is 6.86. The van der Waals surface area contributed by atoms with Gasteiger partial charge in [-0.15, -0.1) is 6.58 Å². The number of rotatable bonds is 5. The molecule has 1 atom stereocenters. The molecule has 1 aliphatic heterocycles. The molecule has 1 unspecified atom stereocenters. The van der Waals surface area contributed by atoms with E-state index in [-0.39, 0.29) is 17.7 Å². The lowest BCUT2D eigenvalue weighted by Crippen LogP contribution is -2.74. The van der Waals surface area contributed by atoms with E-state index in [0.717, 1.165) is 0 Å². The lowest BCUT2D eigenvalue weighted by Gasteiger charge is -2.47. The third-order valence-electron chi connectivity index (χ3n) is 6.94. The van der Waals surface area contributed by atoms with Crippen molar-refractivity contribution >= 4 is 25.0 Å². The normalized spacial score (nSPS) is 19.5. The molecule has 160 valence electrons. The standard InChI is InChI=1S/C26H37BO2Si/c1-20(2)23(24(3,4)5)30(21-16-12-10-13-17-21,22-18-14-11-15-19-22)27-28-25(6,7)26(8,9)29-27/h10-19,23H,1H2,2-9H3. The van der Waals surface area contributed by atoms with Gasteiger partial charge in [-0.3, -0.25) is 0 Å². The first-order valence-corrected chi connectivity index (χ1v) is 13.1. The molecule has 2 aromatic carbocycles. The van der Waals surface area contributed by atoms with Gasteiger partial charge >= 0.3 is 6.71 Å². The van der Waals surface area contributed by atoms with Crippen molar-refractivity contribution in [1.29, 1.82) is 0 Å². The Labute approximate surface area is 184 Å². The summed E-state index contributed by atoms with van der Waals surface area (Å²) in [5.74, 6) is 0. The Morgan fingerprint density at radius 3 is 1.50 bits per heavy atom. The summed E-state index contributed by atoms with van der Waals surface area (Å²) in [5.41, 5.74) is 0.627. The highest BCUT2D eigenvalue weighted by atomic mass is 28.3. The van der Waals surface area contributed by atoms with Gasteiger partial charge in [0.25, 0.3) is 0 Å². The van der Waals surface area contributed by atoms with Gasteiger partial charge < -0.3 is 9.31 Å². The van der Waals surface area contributed by atoms with Crippen LogP contribution in [-0.2, 0) is 9.31 Å². The van der Waals surface area contributed by atoms with Crippen molar-refractivity contribution in [2.75, 3.05) is 0 Å². The Kier molecular flexibility index (Phi) is 6.01. The minimum Gasteiger partial charge on any atom is -0.406 e. The maximum Gasteiger partial charge on any atom is 0.445 e. The van der Waals surface area contributed by atoms with E-state index in [0.29, 0.717) is 0 Å². The molecular formula is C26H37BO2Si. The molecular weight excluding hydrogens is 383 g/mol. The molecule has 1 heterocycles. The Morgan fingerprint density at radius 1 is 0.833 bits per heavy atom. The molecule has 1 fully saturated rings. The zero-order chi connectivity index (χ0) is 22.4. The molecule has 3 rings (SSSR count). The number of allylic oxidation sites excluding steroid dienone is 1. The van der Waals surface area contributed by atoms with Crippen LogP contribution in [0.25, 0.3) is 0 Å². The highest BCUT2D eigenvalue weighted by molar-refractivity contribution is 7.41. The van der Waals surface area contributed by atoms with Crippen LogP contribution in [0.15, 0.2) is 72.8 Å². The van der Waals surface area contributed by atoms with Crippen LogP contribution in [-0.4, -0.2) is 25.9 Å². The fourth-order valence-corrected chi connectivity index (χ4v) is 11.6. The predicted molar refractivity (Wildman–Crippen MR) is 132 cm³/mol. The van der Waals surface area contributed by atoms with E-state index >= 15 is 0 Å². The van der Waals surface area contributed by atoms with Gasteiger partial charge in [0.15, 0.2) is 7.94 Å². The zero-order valence-electron chi connectivity index (χ0n) is 20.0. The van der Waals surface area contributed by atoms with E-state index in [4.69, 9.17) is 9.31 Å². The fraction of sp³-hybridized carbons (Fsp3) is 0.462. The fourth-order valence-electron chi connectivity index (χ4n) is 5.18. The minimum atomic E-state index is -2.66. The second kappa shape index (κ2) is 7.82. The summed E-state index contributed by atoms with van der Waals surface area (Å²) in [5, 5.41) is 2.66. The van der Waals surface area contributed by atoms with Crippen LogP contribution in [0.5, 0.6) is 0 Å². The van der Waals surface area contributed by atoms with E-state index < -0.39 is 19.1 Å². The van der Waals surface area contributed by atoms with Crippen LogP contribution in [0.1, 0.15) is 55.4 Å². The van der Waals surface area contributed by atoms with Crippen LogP contribution in [0.3, 0.4) is 0 Å². The van der Waals surface area contributed by atoms with Crippen molar-refractivity contribution < 1.29 is 9.31 Å². The molecule has 1 aliphatic rings. The second-order valence-corrected chi connectivity index (χ2v) is 14.8. The Balaban J connectivity index is 2.41. The van der Waals surface area contributed by atoms with Gasteiger partial charge in [-0.05, 0) is 45.6 Å². The molecule has 2 nitrogen and oxygen atoms in total. The molecule has 0 N–H and O–H groups in total. The van der Waals surface area contributed by atoms with Crippen LogP contribution in [0.4, 0.5) is 0 Å². The molecule has 0 spiro atoms. The van der Waals surface area contributed by atoms with Gasteiger partial charge in [0.05, 0.1) is 11.2 Å². The predicted octanol–water partition coefficient (Wildman–Crippen LogP) is 5.41. The monoisotopic (exact) mass is 420 g/mol. The van der Waals surface area contributed by atoms with E-state index in [1.165, 1.54) is 15.9 Å². The van der Waals surface area contributed by atoms with Crippen LogP contribution in [0, 0.1) is 5.41 Å². The SMILES string of the molecule is C=C(C)C(C(C)(C)C)[Si](B1OC(C)(C)C(C)(C)O1)(c1ccccc1)c1ccccc1. The summed E-state index contributed by atoms with van der Waals surface area (Å²) < 4.78 is 13.7. The summed E-state index contributed by atoms with van der Waals surface area (Å²) in [7, 11) is -2.66. The molecule has 2 aromatic rings. The van der Waals surface area contributed by atoms with Crippen molar-refractivity contribution in [3.63, 3.8) is 0 Å². The van der Waals surface area contributed by atoms with Gasteiger partial charge in [-0.1, -0.05) is 97.4 Å². The molecule has 0 saturated carbocycles. The first kappa shape index (κ1) is 23.1. The first-order valence-electron chi connectivity index (χ1n) is 11.0. The highest BCUT2D eigenvalue weighted by Gasteiger charge is 2.66. The Bertz CT molecular complexity index is 829. The summed E-state index contributed by atoms with van der Waals surface area (Å²) in [6.07, 6.45) is 0.